The second kappa shape index (κ2) is 6.91. The molecule has 2 aromatic carbocycles. The van der Waals surface area contributed by atoms with Crippen LogP contribution in [0.5, 0.6) is 5.75 Å². The quantitative estimate of drug-likeness (QED) is 0.863. The molecule has 1 unspecified atom stereocenters. The highest BCUT2D eigenvalue weighted by Crippen LogP contribution is 2.30. The lowest BCUT2D eigenvalue weighted by molar-refractivity contribution is 0.219. The minimum absolute atomic E-state index is 0.635. The summed E-state index contributed by atoms with van der Waals surface area (Å²) in [5.74, 6) is 0.839. The Morgan fingerprint density at radius 1 is 1.15 bits per heavy atom. The van der Waals surface area contributed by atoms with Gasteiger partial charge in [-0.3, -0.25) is 0 Å². The minimum Gasteiger partial charge on any atom is -0.494 e. The Bertz CT molecular complexity index is 564. The van der Waals surface area contributed by atoms with Gasteiger partial charge in [-0.2, -0.15) is 0 Å². The van der Waals surface area contributed by atoms with Gasteiger partial charge < -0.3 is 9.84 Å². The summed E-state index contributed by atoms with van der Waals surface area (Å²) in [5.41, 5.74) is 2.87. The molecule has 0 saturated heterocycles. The van der Waals surface area contributed by atoms with Gasteiger partial charge in [-0.25, -0.2) is 0 Å². The van der Waals surface area contributed by atoms with Crippen molar-refractivity contribution in [2.75, 3.05) is 6.61 Å². The molecule has 2 rings (SSSR count). The normalized spacial score (nSPS) is 12.2. The van der Waals surface area contributed by atoms with Gasteiger partial charge in [-0.05, 0) is 42.7 Å². The van der Waals surface area contributed by atoms with Gasteiger partial charge in [0.05, 0.1) is 6.61 Å². The Kier molecular flexibility index (Phi) is 5.21. The van der Waals surface area contributed by atoms with Crippen molar-refractivity contribution in [1.29, 1.82) is 0 Å². The van der Waals surface area contributed by atoms with Crippen molar-refractivity contribution >= 4 is 15.9 Å². The third kappa shape index (κ3) is 3.62. The summed E-state index contributed by atoms with van der Waals surface area (Å²) in [5, 5.41) is 10.5. The van der Waals surface area contributed by atoms with Crippen LogP contribution in [0.4, 0.5) is 0 Å². The number of aliphatic hydroxyl groups excluding tert-OH is 1. The van der Waals surface area contributed by atoms with Crippen LogP contribution >= 0.6 is 15.9 Å². The van der Waals surface area contributed by atoms with Gasteiger partial charge in [-0.1, -0.05) is 52.7 Å². The van der Waals surface area contributed by atoms with Gasteiger partial charge in [0.2, 0.25) is 0 Å². The van der Waals surface area contributed by atoms with Gasteiger partial charge in [0.25, 0.3) is 0 Å². The van der Waals surface area contributed by atoms with Crippen LogP contribution in [0.25, 0.3) is 0 Å². The zero-order valence-electron chi connectivity index (χ0n) is 11.8. The minimum atomic E-state index is -0.635. The lowest BCUT2D eigenvalue weighted by atomic mass is 10.00. The highest BCUT2D eigenvalue weighted by molar-refractivity contribution is 9.10. The maximum atomic E-state index is 10.5. The van der Waals surface area contributed by atoms with Crippen LogP contribution in [0.2, 0.25) is 0 Å². The maximum Gasteiger partial charge on any atom is 0.119 e. The first-order chi connectivity index (χ1) is 9.61. The van der Waals surface area contributed by atoms with Crippen LogP contribution in [0.1, 0.15) is 36.1 Å². The van der Waals surface area contributed by atoms with Crippen molar-refractivity contribution in [3.8, 4) is 5.75 Å². The highest BCUT2D eigenvalue weighted by atomic mass is 79.9. The van der Waals surface area contributed by atoms with Crippen LogP contribution in [0.15, 0.2) is 46.9 Å². The average Bonchev–Trinajstić information content (AvgIpc) is 2.47. The van der Waals surface area contributed by atoms with Crippen molar-refractivity contribution in [3.05, 3.63) is 63.6 Å². The molecule has 0 spiro atoms. The zero-order valence-corrected chi connectivity index (χ0v) is 13.4. The predicted molar refractivity (Wildman–Crippen MR) is 85.2 cm³/mol. The third-order valence-electron chi connectivity index (χ3n) is 3.11. The molecule has 0 aliphatic rings. The summed E-state index contributed by atoms with van der Waals surface area (Å²) in [6.07, 6.45) is 0.352. The first-order valence-electron chi connectivity index (χ1n) is 6.78. The van der Waals surface area contributed by atoms with Crippen LogP contribution in [-0.4, -0.2) is 11.7 Å². The van der Waals surface area contributed by atoms with Gasteiger partial charge >= 0.3 is 0 Å². The number of ether oxygens (including phenoxy) is 1. The Labute approximate surface area is 128 Å². The molecule has 0 heterocycles. The molecular formula is C17H19BrO2. The largest absolute Gasteiger partial charge is 0.494 e. The third-order valence-corrected chi connectivity index (χ3v) is 3.84. The van der Waals surface area contributed by atoms with Crippen LogP contribution in [0.3, 0.4) is 0 Å². The molecule has 0 aliphatic carbocycles. The molecule has 2 nitrogen and oxygen atoms in total. The van der Waals surface area contributed by atoms with E-state index < -0.39 is 6.10 Å². The first kappa shape index (κ1) is 15.1. The van der Waals surface area contributed by atoms with Crippen molar-refractivity contribution < 1.29 is 9.84 Å². The second-order valence-corrected chi connectivity index (χ2v) is 5.70. The average molecular weight is 335 g/mol. The van der Waals surface area contributed by atoms with Crippen LogP contribution < -0.4 is 4.74 Å². The Morgan fingerprint density at radius 3 is 2.50 bits per heavy atom. The molecular weight excluding hydrogens is 316 g/mol. The molecule has 0 amide bonds. The fraction of sp³-hybridized carbons (Fsp3) is 0.294. The Hall–Kier alpha value is -1.32. The number of aryl methyl sites for hydroxylation is 1. The van der Waals surface area contributed by atoms with Gasteiger partial charge in [0, 0.05) is 4.47 Å². The highest BCUT2D eigenvalue weighted by Gasteiger charge is 2.13. The summed E-state index contributed by atoms with van der Waals surface area (Å²) < 4.78 is 6.47. The molecule has 0 bridgehead atoms. The summed E-state index contributed by atoms with van der Waals surface area (Å²) in [7, 11) is 0. The van der Waals surface area contributed by atoms with E-state index >= 15 is 0 Å². The van der Waals surface area contributed by atoms with E-state index in [2.05, 4.69) is 22.9 Å². The summed E-state index contributed by atoms with van der Waals surface area (Å²) >= 11 is 3.49. The van der Waals surface area contributed by atoms with E-state index in [1.165, 1.54) is 0 Å². The summed E-state index contributed by atoms with van der Waals surface area (Å²) in [4.78, 5) is 0. The molecule has 1 N–H and O–H groups in total. The molecule has 3 heteroatoms. The topological polar surface area (TPSA) is 29.5 Å². The Morgan fingerprint density at radius 2 is 1.85 bits per heavy atom. The van der Waals surface area contributed by atoms with Crippen LogP contribution in [0, 0.1) is 6.92 Å². The number of halogens is 1. The predicted octanol–water partition coefficient (Wildman–Crippen LogP) is 4.63. The molecule has 0 aliphatic heterocycles. The van der Waals surface area contributed by atoms with Crippen molar-refractivity contribution in [1.82, 2.24) is 0 Å². The first-order valence-corrected chi connectivity index (χ1v) is 7.58. The van der Waals surface area contributed by atoms with E-state index in [-0.39, 0.29) is 0 Å². The van der Waals surface area contributed by atoms with E-state index in [4.69, 9.17) is 4.74 Å². The van der Waals surface area contributed by atoms with Crippen molar-refractivity contribution in [2.45, 2.75) is 26.4 Å². The van der Waals surface area contributed by atoms with Crippen molar-refractivity contribution in [3.63, 3.8) is 0 Å². The number of hydrogen-bond acceptors (Lipinski definition) is 2. The Balaban J connectivity index is 2.20. The summed E-state index contributed by atoms with van der Waals surface area (Å²) in [6, 6.07) is 13.6. The maximum absolute atomic E-state index is 10.5. The monoisotopic (exact) mass is 334 g/mol. The molecule has 2 aromatic rings. The lowest BCUT2D eigenvalue weighted by Crippen LogP contribution is -2.01. The molecule has 106 valence electrons. The second-order valence-electron chi connectivity index (χ2n) is 4.85. The summed E-state index contributed by atoms with van der Waals surface area (Å²) in [6.45, 7) is 4.81. The molecule has 0 aromatic heterocycles. The molecule has 1 atom stereocenters. The SMILES string of the molecule is CCCOc1ccc(C(O)c2cc(C)ccc2Br)cc1. The molecule has 20 heavy (non-hydrogen) atoms. The number of aliphatic hydroxyl groups is 1. The smallest absolute Gasteiger partial charge is 0.119 e. The van der Waals surface area contributed by atoms with Crippen LogP contribution in [-0.2, 0) is 0 Å². The molecule has 0 saturated carbocycles. The van der Waals surface area contributed by atoms with E-state index in [0.717, 1.165) is 33.3 Å². The van der Waals surface area contributed by atoms with Gasteiger partial charge in [0.1, 0.15) is 11.9 Å². The molecule has 0 fully saturated rings. The van der Waals surface area contributed by atoms with E-state index in [9.17, 15) is 5.11 Å². The number of rotatable bonds is 5. The standard InChI is InChI=1S/C17H19BrO2/c1-3-10-20-14-7-5-13(6-8-14)17(19)15-11-12(2)4-9-16(15)18/h4-9,11,17,19H,3,10H2,1-2H3. The van der Waals surface area contributed by atoms with E-state index in [1.54, 1.807) is 0 Å². The lowest BCUT2D eigenvalue weighted by Gasteiger charge is -2.15. The number of benzene rings is 2. The number of hydrogen-bond donors (Lipinski definition) is 1. The fourth-order valence-electron chi connectivity index (χ4n) is 2.02. The van der Waals surface area contributed by atoms with Crippen molar-refractivity contribution in [2.24, 2.45) is 0 Å². The van der Waals surface area contributed by atoms with E-state index in [0.29, 0.717) is 6.61 Å². The fourth-order valence-corrected chi connectivity index (χ4v) is 2.48. The molecule has 0 radical (unpaired) electrons. The van der Waals surface area contributed by atoms with E-state index in [1.807, 2.05) is 49.4 Å². The van der Waals surface area contributed by atoms with Gasteiger partial charge in [-0.15, -0.1) is 0 Å². The van der Waals surface area contributed by atoms with Gasteiger partial charge in [0.15, 0.2) is 0 Å². The zero-order chi connectivity index (χ0) is 14.5.